The maximum Gasteiger partial charge on any atom is 0.225 e. The molecule has 5 nitrogen and oxygen atoms in total. The number of amides is 1. The molecule has 1 aromatic rings. The number of guanidine groups is 1. The molecule has 1 amide bonds. The highest BCUT2D eigenvalue weighted by molar-refractivity contribution is 14.0. The number of nitrogens with zero attached hydrogens (tertiary/aromatic N) is 2. The minimum Gasteiger partial charge on any atom is -0.357 e. The van der Waals surface area contributed by atoms with E-state index in [9.17, 15) is 13.6 Å². The quantitative estimate of drug-likeness (QED) is 0.313. The van der Waals surface area contributed by atoms with E-state index in [4.69, 9.17) is 0 Å². The standard InChI is InChI=1S/C22H32F2N4OS.HI/c1-2-25-22(26-11-10-16-4-3-5-19(23)20(16)24)27-18-8-6-17(7-9-18)21(29)28-12-14-30-15-13-28;/h3-5,17-18H,2,6-15H2,1H3,(H2,25,26,27);1H. The van der Waals surface area contributed by atoms with Crippen molar-refractivity contribution in [2.45, 2.75) is 45.1 Å². The minimum absolute atomic E-state index is 0. The van der Waals surface area contributed by atoms with Crippen LogP contribution in [0.5, 0.6) is 0 Å². The van der Waals surface area contributed by atoms with Crippen LogP contribution in [-0.4, -0.2) is 60.5 Å². The van der Waals surface area contributed by atoms with E-state index in [0.717, 1.165) is 62.9 Å². The fourth-order valence-corrected chi connectivity index (χ4v) is 4.97. The molecule has 2 aliphatic rings. The fourth-order valence-electron chi connectivity index (χ4n) is 4.07. The lowest BCUT2D eigenvalue weighted by Crippen LogP contribution is -2.47. The van der Waals surface area contributed by atoms with Crippen LogP contribution >= 0.6 is 35.7 Å². The Balaban J connectivity index is 0.00000341. The summed E-state index contributed by atoms with van der Waals surface area (Å²) in [7, 11) is 0. The Morgan fingerprint density at radius 2 is 1.90 bits per heavy atom. The molecule has 0 spiro atoms. The second-order valence-electron chi connectivity index (χ2n) is 7.85. The molecule has 0 aromatic heterocycles. The number of thioether (sulfide) groups is 1. The van der Waals surface area contributed by atoms with Gasteiger partial charge < -0.3 is 15.5 Å². The molecule has 0 radical (unpaired) electrons. The van der Waals surface area contributed by atoms with Crippen molar-refractivity contribution in [2.75, 3.05) is 37.7 Å². The number of rotatable bonds is 6. The smallest absolute Gasteiger partial charge is 0.225 e. The predicted octanol–water partition coefficient (Wildman–Crippen LogP) is 3.81. The van der Waals surface area contributed by atoms with Gasteiger partial charge in [-0.2, -0.15) is 11.8 Å². The van der Waals surface area contributed by atoms with Crippen molar-refractivity contribution in [3.63, 3.8) is 0 Å². The lowest BCUT2D eigenvalue weighted by atomic mass is 9.85. The Bertz CT molecular complexity index is 738. The van der Waals surface area contributed by atoms with Crippen molar-refractivity contribution in [2.24, 2.45) is 10.9 Å². The van der Waals surface area contributed by atoms with Gasteiger partial charge in [0.25, 0.3) is 0 Å². The zero-order valence-corrected chi connectivity index (χ0v) is 21.2. The van der Waals surface area contributed by atoms with Gasteiger partial charge in [0.2, 0.25) is 5.91 Å². The zero-order valence-electron chi connectivity index (χ0n) is 18.0. The predicted molar refractivity (Wildman–Crippen MR) is 134 cm³/mol. The van der Waals surface area contributed by atoms with Crippen LogP contribution in [0.4, 0.5) is 8.78 Å². The molecule has 1 saturated heterocycles. The molecule has 1 aliphatic carbocycles. The van der Waals surface area contributed by atoms with Gasteiger partial charge >= 0.3 is 0 Å². The first-order valence-electron chi connectivity index (χ1n) is 10.9. The van der Waals surface area contributed by atoms with Gasteiger partial charge in [-0.3, -0.25) is 9.79 Å². The molecule has 31 heavy (non-hydrogen) atoms. The summed E-state index contributed by atoms with van der Waals surface area (Å²) in [4.78, 5) is 19.3. The first-order valence-corrected chi connectivity index (χ1v) is 12.1. The van der Waals surface area contributed by atoms with Crippen LogP contribution in [0.25, 0.3) is 0 Å². The van der Waals surface area contributed by atoms with Crippen LogP contribution in [0, 0.1) is 17.6 Å². The van der Waals surface area contributed by atoms with Crippen molar-refractivity contribution in [1.29, 1.82) is 0 Å². The molecule has 1 saturated carbocycles. The van der Waals surface area contributed by atoms with E-state index in [1.165, 1.54) is 6.07 Å². The number of halogens is 3. The fraction of sp³-hybridized carbons (Fsp3) is 0.636. The van der Waals surface area contributed by atoms with Crippen LogP contribution in [0.2, 0.25) is 0 Å². The summed E-state index contributed by atoms with van der Waals surface area (Å²) in [5, 5.41) is 6.67. The van der Waals surface area contributed by atoms with E-state index in [-0.39, 0.29) is 35.9 Å². The van der Waals surface area contributed by atoms with Gasteiger partial charge in [0.15, 0.2) is 17.6 Å². The number of aliphatic imine (C=N–C) groups is 1. The van der Waals surface area contributed by atoms with Crippen molar-refractivity contribution in [3.8, 4) is 0 Å². The number of carbonyl (C=O) groups is 1. The summed E-state index contributed by atoms with van der Waals surface area (Å²) in [6, 6.07) is 4.51. The molecule has 0 bridgehead atoms. The van der Waals surface area contributed by atoms with Crippen LogP contribution < -0.4 is 10.6 Å². The molecule has 174 valence electrons. The molecular formula is C22H33F2IN4OS. The Morgan fingerprint density at radius 3 is 2.58 bits per heavy atom. The topological polar surface area (TPSA) is 56.7 Å². The zero-order chi connectivity index (χ0) is 21.3. The highest BCUT2D eigenvalue weighted by Crippen LogP contribution is 2.27. The van der Waals surface area contributed by atoms with Gasteiger partial charge in [-0.15, -0.1) is 24.0 Å². The first kappa shape index (κ1) is 26.2. The van der Waals surface area contributed by atoms with E-state index in [1.807, 2.05) is 23.6 Å². The summed E-state index contributed by atoms with van der Waals surface area (Å²) in [5.74, 6) is 1.64. The molecule has 2 N–H and O–H groups in total. The Morgan fingerprint density at radius 1 is 1.19 bits per heavy atom. The highest BCUT2D eigenvalue weighted by Gasteiger charge is 2.30. The molecule has 9 heteroatoms. The molecule has 0 unspecified atom stereocenters. The molecule has 1 aliphatic heterocycles. The Hall–Kier alpha value is -1.10. The van der Waals surface area contributed by atoms with Crippen LogP contribution in [0.3, 0.4) is 0 Å². The molecule has 1 aromatic carbocycles. The van der Waals surface area contributed by atoms with Crippen LogP contribution in [0.1, 0.15) is 38.2 Å². The summed E-state index contributed by atoms with van der Waals surface area (Å²) in [6.45, 7) is 4.85. The number of hydrogen-bond acceptors (Lipinski definition) is 3. The number of hydrogen-bond donors (Lipinski definition) is 2. The van der Waals surface area contributed by atoms with Crippen molar-refractivity contribution in [3.05, 3.63) is 35.4 Å². The first-order chi connectivity index (χ1) is 14.6. The maximum absolute atomic E-state index is 13.8. The normalized spacial score (nSPS) is 21.9. The van der Waals surface area contributed by atoms with E-state index in [1.54, 1.807) is 6.07 Å². The largest absolute Gasteiger partial charge is 0.357 e. The lowest BCUT2D eigenvalue weighted by Gasteiger charge is -2.34. The lowest BCUT2D eigenvalue weighted by molar-refractivity contribution is -0.136. The van der Waals surface area contributed by atoms with Crippen molar-refractivity contribution in [1.82, 2.24) is 15.5 Å². The second kappa shape index (κ2) is 13.4. The van der Waals surface area contributed by atoms with E-state index in [0.29, 0.717) is 30.4 Å². The van der Waals surface area contributed by atoms with Crippen molar-refractivity contribution < 1.29 is 13.6 Å². The van der Waals surface area contributed by atoms with E-state index >= 15 is 0 Å². The van der Waals surface area contributed by atoms with Gasteiger partial charge in [-0.05, 0) is 50.7 Å². The summed E-state index contributed by atoms with van der Waals surface area (Å²) >= 11 is 1.92. The molecular weight excluding hydrogens is 533 g/mol. The Kier molecular flexibility index (Phi) is 11.3. The number of nitrogens with one attached hydrogen (secondary N) is 2. The monoisotopic (exact) mass is 566 g/mol. The van der Waals surface area contributed by atoms with Gasteiger partial charge in [-0.1, -0.05) is 12.1 Å². The molecule has 3 rings (SSSR count). The summed E-state index contributed by atoms with van der Waals surface area (Å²) in [5.41, 5.74) is 0.338. The SMILES string of the molecule is CCNC(=NCCc1cccc(F)c1F)NC1CCC(C(=O)N2CCSCC2)CC1.I. The third kappa shape index (κ3) is 7.76. The summed E-state index contributed by atoms with van der Waals surface area (Å²) < 4.78 is 27.1. The molecule has 0 atom stereocenters. The Labute approximate surface area is 205 Å². The van der Waals surface area contributed by atoms with Crippen molar-refractivity contribution >= 4 is 47.6 Å². The summed E-state index contributed by atoms with van der Waals surface area (Å²) in [6.07, 6.45) is 4.00. The third-order valence-electron chi connectivity index (χ3n) is 5.77. The second-order valence-corrected chi connectivity index (χ2v) is 9.08. The van der Waals surface area contributed by atoms with E-state index < -0.39 is 11.6 Å². The van der Waals surface area contributed by atoms with E-state index in [2.05, 4.69) is 15.6 Å². The van der Waals surface area contributed by atoms with Gasteiger partial charge in [0.05, 0.1) is 0 Å². The van der Waals surface area contributed by atoms with Crippen LogP contribution in [0.15, 0.2) is 23.2 Å². The van der Waals surface area contributed by atoms with Crippen LogP contribution in [-0.2, 0) is 11.2 Å². The van der Waals surface area contributed by atoms with Gasteiger partial charge in [-0.25, -0.2) is 8.78 Å². The molecule has 2 fully saturated rings. The average Bonchev–Trinajstić information content (AvgIpc) is 2.77. The third-order valence-corrected chi connectivity index (χ3v) is 6.71. The highest BCUT2D eigenvalue weighted by atomic mass is 127. The minimum atomic E-state index is -0.823. The number of carbonyl (C=O) groups excluding carboxylic acids is 1. The maximum atomic E-state index is 13.8. The number of benzene rings is 1. The average molecular weight is 567 g/mol. The van der Waals surface area contributed by atoms with Gasteiger partial charge in [0.1, 0.15) is 0 Å². The van der Waals surface area contributed by atoms with Gasteiger partial charge in [0, 0.05) is 49.6 Å². The molecule has 1 heterocycles.